The molecule has 0 atom stereocenters. The van der Waals surface area contributed by atoms with E-state index < -0.39 is 0 Å². The standard InChI is InChI=1S/C17H14BrN3O/c1-11-2-4-12(5-3-11)15-10-16(21-20-15)17(22)19-14-8-6-13(18)7-9-14/h2-10H,1H3,(H,19,22)(H,20,21). The predicted molar refractivity (Wildman–Crippen MR) is 90.9 cm³/mol. The Bertz CT molecular complexity index is 792. The Morgan fingerprint density at radius 3 is 2.45 bits per heavy atom. The molecule has 2 N–H and O–H groups in total. The lowest BCUT2D eigenvalue weighted by molar-refractivity contribution is 0.102. The molecule has 0 radical (unpaired) electrons. The number of anilines is 1. The number of H-pyrrole nitrogens is 1. The molecule has 0 aliphatic carbocycles. The van der Waals surface area contributed by atoms with Gasteiger partial charge >= 0.3 is 0 Å². The topological polar surface area (TPSA) is 57.8 Å². The zero-order valence-electron chi connectivity index (χ0n) is 11.9. The number of aryl methyl sites for hydroxylation is 1. The second-order valence-electron chi connectivity index (χ2n) is 4.99. The molecule has 1 amide bonds. The summed E-state index contributed by atoms with van der Waals surface area (Å²) in [7, 11) is 0. The molecule has 0 saturated heterocycles. The van der Waals surface area contributed by atoms with Gasteiger partial charge in [-0.15, -0.1) is 0 Å². The average molecular weight is 356 g/mol. The lowest BCUT2D eigenvalue weighted by Crippen LogP contribution is -2.12. The summed E-state index contributed by atoms with van der Waals surface area (Å²) in [6.45, 7) is 2.03. The minimum Gasteiger partial charge on any atom is -0.321 e. The molecule has 0 aliphatic rings. The van der Waals surface area contributed by atoms with E-state index >= 15 is 0 Å². The van der Waals surface area contributed by atoms with Gasteiger partial charge in [-0.3, -0.25) is 9.89 Å². The molecule has 3 rings (SSSR count). The summed E-state index contributed by atoms with van der Waals surface area (Å²) < 4.78 is 0.966. The van der Waals surface area contributed by atoms with Gasteiger partial charge in [0.25, 0.3) is 5.91 Å². The summed E-state index contributed by atoms with van der Waals surface area (Å²) in [6.07, 6.45) is 0. The number of aromatic nitrogens is 2. The maximum Gasteiger partial charge on any atom is 0.273 e. The molecule has 0 bridgehead atoms. The van der Waals surface area contributed by atoms with Crippen molar-refractivity contribution in [3.05, 3.63) is 70.3 Å². The quantitative estimate of drug-likeness (QED) is 0.731. The van der Waals surface area contributed by atoms with Gasteiger partial charge in [-0.05, 0) is 37.3 Å². The number of carbonyl (C=O) groups is 1. The van der Waals surface area contributed by atoms with Crippen LogP contribution in [0, 0.1) is 6.92 Å². The third kappa shape index (κ3) is 3.26. The molecule has 110 valence electrons. The highest BCUT2D eigenvalue weighted by Crippen LogP contribution is 2.19. The SMILES string of the molecule is Cc1ccc(-c2cc(C(=O)Nc3ccc(Br)cc3)[nH]n2)cc1. The summed E-state index contributed by atoms with van der Waals surface area (Å²) in [5, 5.41) is 9.81. The van der Waals surface area contributed by atoms with Crippen molar-refractivity contribution in [3.63, 3.8) is 0 Å². The largest absolute Gasteiger partial charge is 0.321 e. The molecule has 0 spiro atoms. The van der Waals surface area contributed by atoms with E-state index in [4.69, 9.17) is 0 Å². The van der Waals surface area contributed by atoms with Gasteiger partial charge in [0.2, 0.25) is 0 Å². The van der Waals surface area contributed by atoms with Crippen molar-refractivity contribution in [2.45, 2.75) is 6.92 Å². The second-order valence-corrected chi connectivity index (χ2v) is 5.91. The number of nitrogens with zero attached hydrogens (tertiary/aromatic N) is 1. The number of benzene rings is 2. The van der Waals surface area contributed by atoms with Gasteiger partial charge in [-0.25, -0.2) is 0 Å². The van der Waals surface area contributed by atoms with E-state index in [1.807, 2.05) is 55.5 Å². The van der Waals surface area contributed by atoms with E-state index in [-0.39, 0.29) is 5.91 Å². The van der Waals surface area contributed by atoms with Crippen LogP contribution in [0.3, 0.4) is 0 Å². The number of amides is 1. The number of carbonyl (C=O) groups excluding carboxylic acids is 1. The number of hydrogen-bond donors (Lipinski definition) is 2. The van der Waals surface area contributed by atoms with Crippen molar-refractivity contribution >= 4 is 27.5 Å². The van der Waals surface area contributed by atoms with Gasteiger partial charge in [0, 0.05) is 15.7 Å². The van der Waals surface area contributed by atoms with E-state index in [1.165, 1.54) is 5.56 Å². The van der Waals surface area contributed by atoms with Crippen LogP contribution in [0.25, 0.3) is 11.3 Å². The van der Waals surface area contributed by atoms with Crippen LogP contribution in [-0.2, 0) is 0 Å². The second kappa shape index (κ2) is 6.15. The number of aromatic amines is 1. The fourth-order valence-electron chi connectivity index (χ4n) is 2.04. The van der Waals surface area contributed by atoms with Gasteiger partial charge in [-0.2, -0.15) is 5.10 Å². The minimum absolute atomic E-state index is 0.215. The highest BCUT2D eigenvalue weighted by atomic mass is 79.9. The highest BCUT2D eigenvalue weighted by Gasteiger charge is 2.11. The third-order valence-electron chi connectivity index (χ3n) is 3.27. The van der Waals surface area contributed by atoms with Gasteiger partial charge in [-0.1, -0.05) is 45.8 Å². The first-order valence-electron chi connectivity index (χ1n) is 6.81. The molecule has 0 aliphatic heterocycles. The summed E-state index contributed by atoms with van der Waals surface area (Å²) in [5.41, 5.74) is 4.08. The van der Waals surface area contributed by atoms with Crippen LogP contribution in [0.5, 0.6) is 0 Å². The molecule has 4 nitrogen and oxygen atoms in total. The first-order chi connectivity index (χ1) is 10.6. The van der Waals surface area contributed by atoms with Crippen molar-refractivity contribution in [3.8, 4) is 11.3 Å². The van der Waals surface area contributed by atoms with Gasteiger partial charge in [0.15, 0.2) is 0 Å². The van der Waals surface area contributed by atoms with Crippen LogP contribution in [0.1, 0.15) is 16.1 Å². The summed E-state index contributed by atoms with van der Waals surface area (Å²) >= 11 is 3.36. The Labute approximate surface area is 136 Å². The Balaban J connectivity index is 1.76. The van der Waals surface area contributed by atoms with E-state index in [9.17, 15) is 4.79 Å². The summed E-state index contributed by atoms with van der Waals surface area (Å²) in [6, 6.07) is 17.2. The Morgan fingerprint density at radius 1 is 1.09 bits per heavy atom. The molecule has 22 heavy (non-hydrogen) atoms. The van der Waals surface area contributed by atoms with E-state index in [0.29, 0.717) is 5.69 Å². The third-order valence-corrected chi connectivity index (χ3v) is 3.80. The zero-order valence-corrected chi connectivity index (χ0v) is 13.5. The van der Waals surface area contributed by atoms with Gasteiger partial charge < -0.3 is 5.32 Å². The monoisotopic (exact) mass is 355 g/mol. The fourth-order valence-corrected chi connectivity index (χ4v) is 2.31. The lowest BCUT2D eigenvalue weighted by Gasteiger charge is -2.02. The van der Waals surface area contributed by atoms with Crippen molar-refractivity contribution in [2.75, 3.05) is 5.32 Å². The normalized spacial score (nSPS) is 10.5. The number of rotatable bonds is 3. The van der Waals surface area contributed by atoms with Crippen molar-refractivity contribution in [2.24, 2.45) is 0 Å². The zero-order chi connectivity index (χ0) is 15.5. The molecule has 2 aromatic carbocycles. The van der Waals surface area contributed by atoms with Crippen LogP contribution in [-0.4, -0.2) is 16.1 Å². The van der Waals surface area contributed by atoms with E-state index in [1.54, 1.807) is 6.07 Å². The van der Waals surface area contributed by atoms with Crippen molar-refractivity contribution < 1.29 is 4.79 Å². The molecule has 1 heterocycles. The molecule has 1 aromatic heterocycles. The van der Waals surface area contributed by atoms with Crippen LogP contribution in [0.2, 0.25) is 0 Å². The van der Waals surface area contributed by atoms with Gasteiger partial charge in [0.1, 0.15) is 5.69 Å². The maximum absolute atomic E-state index is 12.2. The van der Waals surface area contributed by atoms with Crippen molar-refractivity contribution in [1.29, 1.82) is 0 Å². The Morgan fingerprint density at radius 2 is 1.77 bits per heavy atom. The molecule has 5 heteroatoms. The maximum atomic E-state index is 12.2. The Kier molecular flexibility index (Phi) is 4.06. The molecular weight excluding hydrogens is 342 g/mol. The first-order valence-corrected chi connectivity index (χ1v) is 7.60. The number of hydrogen-bond acceptors (Lipinski definition) is 2. The van der Waals surface area contributed by atoms with Crippen LogP contribution < -0.4 is 5.32 Å². The summed E-state index contributed by atoms with van der Waals surface area (Å²) in [4.78, 5) is 12.2. The fraction of sp³-hybridized carbons (Fsp3) is 0.0588. The molecule has 0 unspecified atom stereocenters. The number of nitrogens with one attached hydrogen (secondary N) is 2. The van der Waals surface area contributed by atoms with E-state index in [2.05, 4.69) is 31.4 Å². The minimum atomic E-state index is -0.215. The van der Waals surface area contributed by atoms with Gasteiger partial charge in [0.05, 0.1) is 5.69 Å². The van der Waals surface area contributed by atoms with Crippen LogP contribution in [0.15, 0.2) is 59.1 Å². The molecule has 3 aromatic rings. The van der Waals surface area contributed by atoms with E-state index in [0.717, 1.165) is 21.4 Å². The Hall–Kier alpha value is -2.40. The number of halogens is 1. The summed E-state index contributed by atoms with van der Waals surface area (Å²) in [5.74, 6) is -0.215. The van der Waals surface area contributed by atoms with Crippen LogP contribution >= 0.6 is 15.9 Å². The smallest absolute Gasteiger partial charge is 0.273 e. The first kappa shape index (κ1) is 14.5. The molecule has 0 fully saturated rings. The highest BCUT2D eigenvalue weighted by molar-refractivity contribution is 9.10. The van der Waals surface area contributed by atoms with Crippen LogP contribution in [0.4, 0.5) is 5.69 Å². The van der Waals surface area contributed by atoms with Crippen molar-refractivity contribution in [1.82, 2.24) is 10.2 Å². The molecular formula is C17H14BrN3O. The lowest BCUT2D eigenvalue weighted by atomic mass is 10.1. The average Bonchev–Trinajstić information content (AvgIpc) is 3.00. The molecule has 0 saturated carbocycles. The predicted octanol–water partition coefficient (Wildman–Crippen LogP) is 4.40.